The van der Waals surface area contributed by atoms with Crippen molar-refractivity contribution in [3.63, 3.8) is 0 Å². The molecule has 1 aromatic rings. The van der Waals surface area contributed by atoms with Gasteiger partial charge in [0.15, 0.2) is 0 Å². The van der Waals surface area contributed by atoms with Gasteiger partial charge < -0.3 is 16.2 Å². The van der Waals surface area contributed by atoms with E-state index in [1.54, 1.807) is 12.1 Å². The normalized spacial score (nSPS) is 17.6. The molecule has 0 saturated heterocycles. The Labute approximate surface area is 134 Å². The van der Waals surface area contributed by atoms with Crippen molar-refractivity contribution < 1.29 is 9.90 Å². The number of aromatic carboxylic acids is 1. The SMILES string of the molecule is CCC(NC1CCCCC1)c1cc(C(=O)O)cc(Br)c1N. The molecule has 5 heteroatoms. The molecule has 0 heterocycles. The van der Waals surface area contributed by atoms with Crippen LogP contribution in [0.1, 0.15) is 67.4 Å². The Bertz CT molecular complexity index is 513. The first-order valence-electron chi connectivity index (χ1n) is 7.61. The van der Waals surface area contributed by atoms with E-state index in [1.807, 2.05) is 0 Å². The maximum absolute atomic E-state index is 11.2. The topological polar surface area (TPSA) is 75.3 Å². The van der Waals surface area contributed by atoms with Crippen LogP contribution in [0.2, 0.25) is 0 Å². The molecular formula is C16H23BrN2O2. The molecule has 0 aliphatic heterocycles. The summed E-state index contributed by atoms with van der Waals surface area (Å²) < 4.78 is 0.654. The van der Waals surface area contributed by atoms with E-state index in [-0.39, 0.29) is 11.6 Å². The Balaban J connectivity index is 2.25. The number of benzene rings is 1. The molecule has 0 radical (unpaired) electrons. The van der Waals surface area contributed by atoms with Gasteiger partial charge >= 0.3 is 5.97 Å². The number of nitrogens with two attached hydrogens (primary N) is 1. The Morgan fingerprint density at radius 2 is 2.10 bits per heavy atom. The zero-order valence-electron chi connectivity index (χ0n) is 12.4. The van der Waals surface area contributed by atoms with Crippen LogP contribution in [0.4, 0.5) is 5.69 Å². The smallest absolute Gasteiger partial charge is 0.335 e. The molecular weight excluding hydrogens is 332 g/mol. The van der Waals surface area contributed by atoms with Gasteiger partial charge in [-0.15, -0.1) is 0 Å². The summed E-state index contributed by atoms with van der Waals surface area (Å²) in [5.41, 5.74) is 7.95. The van der Waals surface area contributed by atoms with E-state index >= 15 is 0 Å². The van der Waals surface area contributed by atoms with Gasteiger partial charge in [0.05, 0.1) is 11.3 Å². The predicted octanol–water partition coefficient (Wildman–Crippen LogP) is 4.10. The third kappa shape index (κ3) is 3.98. The zero-order valence-corrected chi connectivity index (χ0v) is 13.9. The third-order valence-corrected chi connectivity index (χ3v) is 4.89. The van der Waals surface area contributed by atoms with Crippen molar-refractivity contribution >= 4 is 27.6 Å². The minimum absolute atomic E-state index is 0.101. The fraction of sp³-hybridized carbons (Fsp3) is 0.562. The van der Waals surface area contributed by atoms with E-state index < -0.39 is 5.97 Å². The summed E-state index contributed by atoms with van der Waals surface area (Å²) in [5, 5.41) is 12.9. The molecule has 0 spiro atoms. The van der Waals surface area contributed by atoms with Gasteiger partial charge in [0.1, 0.15) is 0 Å². The molecule has 116 valence electrons. The molecule has 1 aliphatic carbocycles. The van der Waals surface area contributed by atoms with E-state index in [0.29, 0.717) is 16.2 Å². The van der Waals surface area contributed by atoms with Crippen molar-refractivity contribution in [2.45, 2.75) is 57.5 Å². The van der Waals surface area contributed by atoms with Gasteiger partial charge in [-0.2, -0.15) is 0 Å². The van der Waals surface area contributed by atoms with E-state index in [1.165, 1.54) is 32.1 Å². The number of carboxylic acids is 1. The average molecular weight is 355 g/mol. The average Bonchev–Trinajstić information content (AvgIpc) is 2.48. The van der Waals surface area contributed by atoms with E-state index in [4.69, 9.17) is 5.73 Å². The predicted molar refractivity (Wildman–Crippen MR) is 88.6 cm³/mol. The molecule has 2 rings (SSSR count). The molecule has 4 nitrogen and oxygen atoms in total. The van der Waals surface area contributed by atoms with Crippen LogP contribution in [0.15, 0.2) is 16.6 Å². The number of carbonyl (C=O) groups is 1. The highest BCUT2D eigenvalue weighted by Crippen LogP contribution is 2.32. The fourth-order valence-electron chi connectivity index (χ4n) is 3.03. The number of nitrogens with one attached hydrogen (secondary N) is 1. The second kappa shape index (κ2) is 7.27. The van der Waals surface area contributed by atoms with Gasteiger partial charge in [-0.1, -0.05) is 26.2 Å². The van der Waals surface area contributed by atoms with Crippen LogP contribution in [0.3, 0.4) is 0 Å². The Hall–Kier alpha value is -1.07. The zero-order chi connectivity index (χ0) is 15.4. The molecule has 0 aromatic heterocycles. The van der Waals surface area contributed by atoms with Crippen LogP contribution in [-0.4, -0.2) is 17.1 Å². The first-order chi connectivity index (χ1) is 10.0. The summed E-state index contributed by atoms with van der Waals surface area (Å²) in [7, 11) is 0. The number of hydrogen-bond donors (Lipinski definition) is 3. The summed E-state index contributed by atoms with van der Waals surface area (Å²) in [6.45, 7) is 2.10. The lowest BCUT2D eigenvalue weighted by Gasteiger charge is -2.29. The van der Waals surface area contributed by atoms with Gasteiger partial charge in [-0.05, 0) is 52.9 Å². The van der Waals surface area contributed by atoms with Gasteiger partial charge in [-0.25, -0.2) is 4.79 Å². The lowest BCUT2D eigenvalue weighted by atomic mass is 9.92. The number of nitrogen functional groups attached to an aromatic ring is 1. The molecule has 21 heavy (non-hydrogen) atoms. The number of rotatable bonds is 5. The van der Waals surface area contributed by atoms with Gasteiger partial charge in [0.2, 0.25) is 0 Å². The number of hydrogen-bond acceptors (Lipinski definition) is 3. The molecule has 1 fully saturated rings. The monoisotopic (exact) mass is 354 g/mol. The summed E-state index contributed by atoms with van der Waals surface area (Å²) >= 11 is 3.37. The van der Waals surface area contributed by atoms with Gasteiger partial charge in [0, 0.05) is 16.6 Å². The second-order valence-corrected chi connectivity index (χ2v) is 6.58. The molecule has 0 amide bonds. The number of carboxylic acid groups (broad SMARTS) is 1. The largest absolute Gasteiger partial charge is 0.478 e. The van der Waals surface area contributed by atoms with Crippen LogP contribution >= 0.6 is 15.9 Å². The van der Waals surface area contributed by atoms with Crippen LogP contribution < -0.4 is 11.1 Å². The highest BCUT2D eigenvalue weighted by Gasteiger charge is 2.21. The van der Waals surface area contributed by atoms with Gasteiger partial charge in [0.25, 0.3) is 0 Å². The highest BCUT2D eigenvalue weighted by molar-refractivity contribution is 9.10. The Morgan fingerprint density at radius 1 is 1.43 bits per heavy atom. The van der Waals surface area contributed by atoms with E-state index in [2.05, 4.69) is 28.2 Å². The fourth-order valence-corrected chi connectivity index (χ4v) is 3.51. The minimum atomic E-state index is -0.926. The van der Waals surface area contributed by atoms with Crippen LogP contribution in [0.25, 0.3) is 0 Å². The lowest BCUT2D eigenvalue weighted by molar-refractivity contribution is 0.0696. The third-order valence-electron chi connectivity index (χ3n) is 4.23. The van der Waals surface area contributed by atoms with Crippen molar-refractivity contribution in [3.05, 3.63) is 27.7 Å². The van der Waals surface area contributed by atoms with Crippen molar-refractivity contribution in [1.29, 1.82) is 0 Å². The van der Waals surface area contributed by atoms with Crippen molar-refractivity contribution in [1.82, 2.24) is 5.32 Å². The van der Waals surface area contributed by atoms with Crippen molar-refractivity contribution in [2.24, 2.45) is 0 Å². The Kier molecular flexibility index (Phi) is 5.65. The van der Waals surface area contributed by atoms with E-state index in [0.717, 1.165) is 12.0 Å². The standard InChI is InChI=1S/C16H23BrN2O2/c1-2-14(19-11-6-4-3-5-7-11)12-8-10(16(20)21)9-13(17)15(12)18/h8-9,11,14,19H,2-7,18H2,1H3,(H,20,21). The molecule has 1 unspecified atom stereocenters. The molecule has 0 bridgehead atoms. The molecule has 4 N–H and O–H groups in total. The maximum Gasteiger partial charge on any atom is 0.335 e. The summed E-state index contributed by atoms with van der Waals surface area (Å²) in [4.78, 5) is 11.2. The minimum Gasteiger partial charge on any atom is -0.478 e. The number of halogens is 1. The lowest BCUT2D eigenvalue weighted by Crippen LogP contribution is -2.34. The van der Waals surface area contributed by atoms with Crippen LogP contribution in [-0.2, 0) is 0 Å². The first-order valence-corrected chi connectivity index (χ1v) is 8.40. The second-order valence-electron chi connectivity index (χ2n) is 5.73. The first kappa shape index (κ1) is 16.3. The summed E-state index contributed by atoms with van der Waals surface area (Å²) in [6, 6.07) is 3.88. The Morgan fingerprint density at radius 3 is 2.67 bits per heavy atom. The molecule has 1 saturated carbocycles. The maximum atomic E-state index is 11.2. The quantitative estimate of drug-likeness (QED) is 0.695. The van der Waals surface area contributed by atoms with Crippen LogP contribution in [0.5, 0.6) is 0 Å². The molecule has 1 aromatic carbocycles. The van der Waals surface area contributed by atoms with Crippen LogP contribution in [0, 0.1) is 0 Å². The number of anilines is 1. The van der Waals surface area contributed by atoms with E-state index in [9.17, 15) is 9.90 Å². The van der Waals surface area contributed by atoms with Gasteiger partial charge in [-0.3, -0.25) is 0 Å². The molecule has 1 aliphatic rings. The summed E-state index contributed by atoms with van der Waals surface area (Å²) in [6.07, 6.45) is 7.12. The molecule has 1 atom stereocenters. The van der Waals surface area contributed by atoms with Crippen molar-refractivity contribution in [3.8, 4) is 0 Å². The summed E-state index contributed by atoms with van der Waals surface area (Å²) in [5.74, 6) is -0.926. The van der Waals surface area contributed by atoms with Crippen molar-refractivity contribution in [2.75, 3.05) is 5.73 Å². The highest BCUT2D eigenvalue weighted by atomic mass is 79.9.